The van der Waals surface area contributed by atoms with Gasteiger partial charge >= 0.3 is 5.97 Å². The Kier molecular flexibility index (Phi) is 7.56. The molecule has 0 aliphatic heterocycles. The van der Waals surface area contributed by atoms with Crippen LogP contribution in [0, 0.1) is 17.8 Å². The van der Waals surface area contributed by atoms with Crippen molar-refractivity contribution >= 4 is 32.9 Å². The van der Waals surface area contributed by atoms with E-state index in [1.807, 2.05) is 30.3 Å². The molecule has 4 saturated carbocycles. The van der Waals surface area contributed by atoms with E-state index in [1.165, 1.54) is 13.4 Å². The molecule has 4 aliphatic rings. The third kappa shape index (κ3) is 5.51. The summed E-state index contributed by atoms with van der Waals surface area (Å²) in [5.74, 6) is 0.118. The van der Waals surface area contributed by atoms with E-state index in [2.05, 4.69) is 15.0 Å². The molecule has 10 nitrogen and oxygen atoms in total. The highest BCUT2D eigenvalue weighted by Crippen LogP contribution is 2.56. The topological polar surface area (TPSA) is 136 Å². The van der Waals surface area contributed by atoms with Crippen molar-refractivity contribution in [3.8, 4) is 5.69 Å². The van der Waals surface area contributed by atoms with E-state index in [1.54, 1.807) is 47.2 Å². The number of methoxy groups -OCH3 is 1. The van der Waals surface area contributed by atoms with Gasteiger partial charge in [-0.1, -0.05) is 30.3 Å². The lowest BCUT2D eigenvalue weighted by atomic mass is 9.51. The summed E-state index contributed by atoms with van der Waals surface area (Å²) in [7, 11) is -2.04. The number of hydrogen-bond donors (Lipinski definition) is 2. The van der Waals surface area contributed by atoms with Crippen LogP contribution in [0.1, 0.15) is 64.1 Å². The molecule has 2 aromatic heterocycles. The number of sulfonamides is 1. The third-order valence-electron chi connectivity index (χ3n) is 9.99. The van der Waals surface area contributed by atoms with Crippen molar-refractivity contribution in [2.75, 3.05) is 13.4 Å². The van der Waals surface area contributed by atoms with Gasteiger partial charge in [0.05, 0.1) is 18.8 Å². The maximum absolute atomic E-state index is 13.8. The number of hydrogen-bond acceptors (Lipinski definition) is 7. The molecule has 0 unspecified atom stereocenters. The number of nitrogens with one attached hydrogen (secondary N) is 2. The molecule has 2 N–H and O–H groups in total. The van der Waals surface area contributed by atoms with Crippen LogP contribution in [-0.2, 0) is 21.2 Å². The Morgan fingerprint density at radius 1 is 0.978 bits per heavy atom. The molecule has 4 aromatic rings. The van der Waals surface area contributed by atoms with Crippen LogP contribution in [0.25, 0.3) is 16.7 Å². The molecule has 5 atom stereocenters. The van der Waals surface area contributed by atoms with Gasteiger partial charge in [-0.25, -0.2) is 22.9 Å². The Bertz CT molecular complexity index is 1990. The lowest BCUT2D eigenvalue weighted by Crippen LogP contribution is -2.66. The second-order valence-electron chi connectivity index (χ2n) is 13.2. The summed E-state index contributed by atoms with van der Waals surface area (Å²) in [6.45, 7) is 0. The SMILES string of the molecule is COC(=O)c1c(Cc2ccc(C(=O)N[C@@H]3[C@@H]4C[C@@H]5C[C@H]3C[C@@](NS(C)(=O)=O)(C5)C4)cc2)c(=O)c2cccnc2n1-c1ccccc1. The number of ether oxygens (including phenoxy) is 1. The molecule has 0 radical (unpaired) electrons. The molecule has 1 amide bonds. The highest BCUT2D eigenvalue weighted by molar-refractivity contribution is 7.88. The highest BCUT2D eigenvalue weighted by Gasteiger charge is 2.56. The van der Waals surface area contributed by atoms with Gasteiger partial charge in [0.1, 0.15) is 11.3 Å². The molecule has 238 valence electrons. The second-order valence-corrected chi connectivity index (χ2v) is 14.9. The first-order valence-electron chi connectivity index (χ1n) is 15.6. The van der Waals surface area contributed by atoms with Crippen molar-refractivity contribution in [3.05, 3.63) is 106 Å². The molecule has 4 aliphatic carbocycles. The number of aromatic nitrogens is 2. The zero-order chi connectivity index (χ0) is 32.2. The molecule has 11 heteroatoms. The van der Waals surface area contributed by atoms with Crippen LogP contribution in [0.2, 0.25) is 0 Å². The van der Waals surface area contributed by atoms with Gasteiger partial charge in [0.15, 0.2) is 5.43 Å². The van der Waals surface area contributed by atoms with Gasteiger partial charge in [-0.05, 0) is 91.8 Å². The minimum absolute atomic E-state index is 0.00323. The number of fused-ring (bicyclic) bond motifs is 1. The molecule has 0 spiro atoms. The second kappa shape index (κ2) is 11.5. The fourth-order valence-corrected chi connectivity index (χ4v) is 9.59. The van der Waals surface area contributed by atoms with Crippen LogP contribution in [0.5, 0.6) is 0 Å². The van der Waals surface area contributed by atoms with Crippen molar-refractivity contribution in [1.82, 2.24) is 19.6 Å². The highest BCUT2D eigenvalue weighted by atomic mass is 32.2. The number of nitrogens with zero attached hydrogens (tertiary/aromatic N) is 2. The number of para-hydroxylation sites is 1. The van der Waals surface area contributed by atoms with Gasteiger partial charge in [0.25, 0.3) is 5.91 Å². The summed E-state index contributed by atoms with van der Waals surface area (Å²) in [5.41, 5.74) is 1.97. The number of amides is 1. The monoisotopic (exact) mass is 640 g/mol. The van der Waals surface area contributed by atoms with E-state index in [-0.39, 0.29) is 46.9 Å². The number of esters is 1. The predicted octanol–water partition coefficient (Wildman–Crippen LogP) is 3.99. The summed E-state index contributed by atoms with van der Waals surface area (Å²) in [4.78, 5) is 45.0. The Labute approximate surface area is 267 Å². The number of benzene rings is 2. The summed E-state index contributed by atoms with van der Waals surface area (Å²) < 4.78 is 34.0. The van der Waals surface area contributed by atoms with Crippen LogP contribution >= 0.6 is 0 Å². The van der Waals surface area contributed by atoms with Crippen LogP contribution in [0.15, 0.2) is 77.7 Å². The van der Waals surface area contributed by atoms with E-state index in [9.17, 15) is 22.8 Å². The fourth-order valence-electron chi connectivity index (χ4n) is 8.56. The van der Waals surface area contributed by atoms with E-state index in [0.717, 1.165) is 37.7 Å². The van der Waals surface area contributed by atoms with Gasteiger partial charge in [-0.3, -0.25) is 14.2 Å². The van der Waals surface area contributed by atoms with Crippen LogP contribution in [-0.4, -0.2) is 54.8 Å². The summed E-state index contributed by atoms with van der Waals surface area (Å²) in [6, 6.07) is 19.7. The van der Waals surface area contributed by atoms with E-state index in [0.29, 0.717) is 28.2 Å². The van der Waals surface area contributed by atoms with Crippen LogP contribution < -0.4 is 15.5 Å². The van der Waals surface area contributed by atoms with Crippen molar-refractivity contribution in [2.24, 2.45) is 17.8 Å². The lowest BCUT2D eigenvalue weighted by Gasteiger charge is -2.59. The largest absolute Gasteiger partial charge is 0.464 e. The standard InChI is InChI=1S/C35H36N4O6S/c1-45-34(42)30-28(31(40)27-9-6-14-36-32(27)39(30)26-7-4-3-5-8-26)17-21-10-12-23(13-11-21)33(41)37-29-24-15-22-16-25(29)20-35(18-22,19-24)38-46(2,43)44/h3-14,22,24-25,29,38H,15-20H2,1-2H3,(H,37,41)/t22-,24-,25+,29-,35-. The third-order valence-corrected chi connectivity index (χ3v) is 10.8. The molecular weight excluding hydrogens is 604 g/mol. The average molecular weight is 641 g/mol. The maximum Gasteiger partial charge on any atom is 0.355 e. The van der Waals surface area contributed by atoms with Crippen molar-refractivity contribution in [2.45, 2.75) is 50.1 Å². The van der Waals surface area contributed by atoms with Crippen molar-refractivity contribution in [3.63, 3.8) is 0 Å². The molecular formula is C35H36N4O6S. The zero-order valence-electron chi connectivity index (χ0n) is 25.7. The van der Waals surface area contributed by atoms with Gasteiger partial charge < -0.3 is 10.1 Å². The minimum Gasteiger partial charge on any atom is -0.464 e. The van der Waals surface area contributed by atoms with E-state index >= 15 is 0 Å². The van der Waals surface area contributed by atoms with Gasteiger partial charge in [0, 0.05) is 41.0 Å². The van der Waals surface area contributed by atoms with Crippen molar-refractivity contribution < 1.29 is 22.7 Å². The van der Waals surface area contributed by atoms with E-state index in [4.69, 9.17) is 4.74 Å². The number of carbonyl (C=O) groups is 2. The first kappa shape index (κ1) is 30.3. The first-order valence-corrected chi connectivity index (χ1v) is 17.5. The fraction of sp³-hybridized carbons (Fsp3) is 0.371. The van der Waals surface area contributed by atoms with Gasteiger partial charge in [-0.2, -0.15) is 0 Å². The summed E-state index contributed by atoms with van der Waals surface area (Å²) in [6.07, 6.45) is 7.29. The Morgan fingerprint density at radius 3 is 2.33 bits per heavy atom. The quantitative estimate of drug-likeness (QED) is 0.278. The zero-order valence-corrected chi connectivity index (χ0v) is 26.5. The molecule has 0 saturated heterocycles. The Morgan fingerprint density at radius 2 is 1.67 bits per heavy atom. The lowest BCUT2D eigenvalue weighted by molar-refractivity contribution is -0.0347. The number of pyridine rings is 2. The molecule has 4 bridgehead atoms. The maximum atomic E-state index is 13.8. The van der Waals surface area contributed by atoms with Gasteiger partial charge in [0.2, 0.25) is 10.0 Å². The normalized spacial score (nSPS) is 25.0. The Balaban J connectivity index is 1.15. The molecule has 2 aromatic carbocycles. The average Bonchev–Trinajstić information content (AvgIpc) is 3.03. The van der Waals surface area contributed by atoms with Crippen LogP contribution in [0.3, 0.4) is 0 Å². The Hall–Kier alpha value is -4.35. The molecule has 2 heterocycles. The predicted molar refractivity (Wildman–Crippen MR) is 173 cm³/mol. The smallest absolute Gasteiger partial charge is 0.355 e. The molecule has 8 rings (SSSR count). The number of rotatable bonds is 8. The first-order chi connectivity index (χ1) is 22.0. The summed E-state index contributed by atoms with van der Waals surface area (Å²) >= 11 is 0. The van der Waals surface area contributed by atoms with Gasteiger partial charge in [-0.15, -0.1) is 0 Å². The minimum atomic E-state index is -3.32. The molecule has 46 heavy (non-hydrogen) atoms. The van der Waals surface area contributed by atoms with Crippen molar-refractivity contribution in [1.29, 1.82) is 0 Å². The molecule has 4 fully saturated rings. The number of carbonyl (C=O) groups excluding carboxylic acids is 2. The summed E-state index contributed by atoms with van der Waals surface area (Å²) in [5, 5.41) is 3.66. The van der Waals surface area contributed by atoms with Crippen LogP contribution in [0.4, 0.5) is 0 Å². The van der Waals surface area contributed by atoms with E-state index < -0.39 is 21.5 Å².